The van der Waals surface area contributed by atoms with Crippen LogP contribution in [0.5, 0.6) is 0 Å². The van der Waals surface area contributed by atoms with Crippen LogP contribution in [0.15, 0.2) is 114 Å². The third-order valence-corrected chi connectivity index (χ3v) is 7.15. The molecule has 1 atom stereocenters. The van der Waals surface area contributed by atoms with E-state index in [1.807, 2.05) is 6.92 Å². The lowest BCUT2D eigenvalue weighted by molar-refractivity contribution is 0.0357. The van der Waals surface area contributed by atoms with Gasteiger partial charge < -0.3 is 0 Å². The predicted octanol–water partition coefficient (Wildman–Crippen LogP) is 5.93. The highest BCUT2D eigenvalue weighted by Crippen LogP contribution is 2.28. The molecule has 0 aliphatic rings. The third kappa shape index (κ3) is 6.01. The first-order valence-electron chi connectivity index (χ1n) is 11.0. The predicted molar refractivity (Wildman–Crippen MR) is 133 cm³/mol. The topological polar surface area (TPSA) is 63.7 Å². The number of hydrogen-bond acceptors (Lipinski definition) is 4. The molecule has 0 saturated carbocycles. The summed E-state index contributed by atoms with van der Waals surface area (Å²) in [7, 11) is -3.81. The molecule has 7 heteroatoms. The maximum atomic E-state index is 13.6. The van der Waals surface area contributed by atoms with Crippen LogP contribution in [0.2, 0.25) is 0 Å². The summed E-state index contributed by atoms with van der Waals surface area (Å²) < 4.78 is 40.2. The van der Waals surface area contributed by atoms with E-state index in [4.69, 9.17) is 4.84 Å². The Bertz CT molecular complexity index is 1370. The van der Waals surface area contributed by atoms with E-state index in [1.54, 1.807) is 72.8 Å². The second-order valence-electron chi connectivity index (χ2n) is 8.04. The van der Waals surface area contributed by atoms with Gasteiger partial charge in [0, 0.05) is 5.56 Å². The fourth-order valence-corrected chi connectivity index (χ4v) is 4.92. The quantitative estimate of drug-likeness (QED) is 0.288. The summed E-state index contributed by atoms with van der Waals surface area (Å²) in [5.41, 5.74) is 2.15. The molecule has 0 spiro atoms. The molecule has 4 rings (SSSR count). The molecule has 0 bridgehead atoms. The zero-order valence-corrected chi connectivity index (χ0v) is 19.9. The first-order chi connectivity index (χ1) is 16.8. The number of carbonyl (C=O) groups excluding carboxylic acids is 1. The van der Waals surface area contributed by atoms with Crippen LogP contribution in [0.3, 0.4) is 0 Å². The summed E-state index contributed by atoms with van der Waals surface area (Å²) in [5.74, 6) is -1.38. The van der Waals surface area contributed by atoms with E-state index in [9.17, 15) is 17.6 Å². The maximum absolute atomic E-state index is 13.6. The van der Waals surface area contributed by atoms with Gasteiger partial charge in [0.15, 0.2) is 9.84 Å². The number of rotatable bonds is 8. The summed E-state index contributed by atoms with van der Waals surface area (Å²) in [5, 5.41) is 1.09. The molecule has 0 heterocycles. The molecular weight excluding hydrogens is 465 g/mol. The Morgan fingerprint density at radius 3 is 2.00 bits per heavy atom. The van der Waals surface area contributed by atoms with Crippen LogP contribution in [0.1, 0.15) is 27.6 Å². The van der Waals surface area contributed by atoms with Crippen LogP contribution in [-0.2, 0) is 14.7 Å². The third-order valence-electron chi connectivity index (χ3n) is 5.42. The van der Waals surface area contributed by atoms with Crippen LogP contribution in [0.25, 0.3) is 0 Å². The number of benzene rings is 4. The normalized spacial score (nSPS) is 12.2. The average Bonchev–Trinajstić information content (AvgIpc) is 2.88. The number of sulfone groups is 1. The molecule has 4 aromatic carbocycles. The van der Waals surface area contributed by atoms with Gasteiger partial charge >= 0.3 is 0 Å². The molecule has 0 N–H and O–H groups in total. The molecular formula is C28H24FNO4S. The second-order valence-corrected chi connectivity index (χ2v) is 10.1. The number of aryl methyl sites for hydroxylation is 1. The molecule has 0 fully saturated rings. The van der Waals surface area contributed by atoms with Gasteiger partial charge in [-0.3, -0.25) is 9.63 Å². The van der Waals surface area contributed by atoms with Crippen LogP contribution >= 0.6 is 0 Å². The van der Waals surface area contributed by atoms with Gasteiger partial charge in [0.25, 0.3) is 5.91 Å². The van der Waals surface area contributed by atoms with Gasteiger partial charge in [-0.1, -0.05) is 66.2 Å². The first kappa shape index (κ1) is 24.3. The van der Waals surface area contributed by atoms with Crippen LogP contribution in [0, 0.1) is 12.7 Å². The van der Waals surface area contributed by atoms with Crippen molar-refractivity contribution < 1.29 is 22.4 Å². The smallest absolute Gasteiger partial charge is 0.266 e. The first-order valence-corrected chi connectivity index (χ1v) is 12.6. The Balaban J connectivity index is 1.74. The van der Waals surface area contributed by atoms with Crippen molar-refractivity contribution in [1.82, 2.24) is 0 Å². The number of hydroxylamine groups is 1. The highest BCUT2D eigenvalue weighted by molar-refractivity contribution is 7.91. The van der Waals surface area contributed by atoms with Crippen molar-refractivity contribution in [2.24, 2.45) is 0 Å². The fourth-order valence-electron chi connectivity index (χ4n) is 3.52. The number of hydrogen-bond donors (Lipinski definition) is 0. The van der Waals surface area contributed by atoms with Gasteiger partial charge in [-0.2, -0.15) is 5.06 Å². The van der Waals surface area contributed by atoms with Crippen LogP contribution in [-0.4, -0.2) is 20.1 Å². The molecule has 35 heavy (non-hydrogen) atoms. The Morgan fingerprint density at radius 2 is 1.40 bits per heavy atom. The van der Waals surface area contributed by atoms with Gasteiger partial charge in [0.2, 0.25) is 0 Å². The Hall–Kier alpha value is -3.81. The SMILES string of the molecule is Cc1ccc(S(=O)(=O)CC(ON(C(=O)c2ccccc2)c2ccccc2)c2ccc(F)cc2)cc1. The molecule has 1 amide bonds. The lowest BCUT2D eigenvalue weighted by atomic mass is 10.1. The highest BCUT2D eigenvalue weighted by Gasteiger charge is 2.29. The minimum absolute atomic E-state index is 0.138. The average molecular weight is 490 g/mol. The molecule has 0 aromatic heterocycles. The molecule has 1 unspecified atom stereocenters. The van der Waals surface area contributed by atoms with Gasteiger partial charge in [0.1, 0.15) is 11.9 Å². The Morgan fingerprint density at radius 1 is 0.829 bits per heavy atom. The van der Waals surface area contributed by atoms with Gasteiger partial charge in [-0.25, -0.2) is 12.8 Å². The molecule has 0 aliphatic heterocycles. The lowest BCUT2D eigenvalue weighted by Gasteiger charge is -2.28. The molecule has 5 nitrogen and oxygen atoms in total. The summed E-state index contributed by atoms with van der Waals surface area (Å²) in [6, 6.07) is 29.1. The molecule has 0 radical (unpaired) electrons. The largest absolute Gasteiger partial charge is 0.282 e. The van der Waals surface area contributed by atoms with E-state index in [0.717, 1.165) is 10.6 Å². The van der Waals surface area contributed by atoms with Crippen LogP contribution < -0.4 is 5.06 Å². The highest BCUT2D eigenvalue weighted by atomic mass is 32.2. The fraction of sp³-hybridized carbons (Fsp3) is 0.107. The van der Waals surface area contributed by atoms with Crippen LogP contribution in [0.4, 0.5) is 10.1 Å². The van der Waals surface area contributed by atoms with Crippen molar-refractivity contribution in [1.29, 1.82) is 0 Å². The van der Waals surface area contributed by atoms with Crippen molar-refractivity contribution in [2.75, 3.05) is 10.8 Å². The molecule has 4 aromatic rings. The van der Waals surface area contributed by atoms with Crippen molar-refractivity contribution in [3.8, 4) is 0 Å². The number of amides is 1. The summed E-state index contributed by atoms with van der Waals surface area (Å²) in [6.07, 6.45) is -1.09. The van der Waals surface area contributed by atoms with Crippen molar-refractivity contribution in [3.63, 3.8) is 0 Å². The Labute approximate surface area is 204 Å². The van der Waals surface area contributed by atoms with E-state index in [0.29, 0.717) is 16.8 Å². The van der Waals surface area contributed by atoms with Gasteiger partial charge in [-0.15, -0.1) is 0 Å². The van der Waals surface area contributed by atoms with E-state index < -0.39 is 33.4 Å². The summed E-state index contributed by atoms with van der Waals surface area (Å²) >= 11 is 0. The lowest BCUT2D eigenvalue weighted by Crippen LogP contribution is -2.34. The Kier molecular flexibility index (Phi) is 7.39. The van der Waals surface area contributed by atoms with E-state index in [-0.39, 0.29) is 4.90 Å². The number of para-hydroxylation sites is 1. The summed E-state index contributed by atoms with van der Waals surface area (Å²) in [6.45, 7) is 1.87. The number of anilines is 1. The van der Waals surface area contributed by atoms with Gasteiger partial charge in [0.05, 0.1) is 16.3 Å². The van der Waals surface area contributed by atoms with Crippen molar-refractivity contribution >= 4 is 21.4 Å². The van der Waals surface area contributed by atoms with Gasteiger partial charge in [-0.05, 0) is 61.0 Å². The zero-order chi connectivity index (χ0) is 24.8. The zero-order valence-electron chi connectivity index (χ0n) is 19.0. The molecule has 0 saturated heterocycles. The van der Waals surface area contributed by atoms with E-state index in [2.05, 4.69) is 0 Å². The van der Waals surface area contributed by atoms with E-state index in [1.165, 1.54) is 36.4 Å². The minimum Gasteiger partial charge on any atom is -0.266 e. The summed E-state index contributed by atoms with van der Waals surface area (Å²) in [4.78, 5) is 19.7. The number of carbonyl (C=O) groups is 1. The number of halogens is 1. The standard InChI is InChI=1S/C28H24FNO4S/c1-21-12-18-26(19-13-21)35(32,33)20-27(22-14-16-24(29)17-15-22)34-30(25-10-6-3-7-11-25)28(31)23-8-4-2-5-9-23/h2-19,27H,20H2,1H3. The number of nitrogens with zero attached hydrogens (tertiary/aromatic N) is 1. The van der Waals surface area contributed by atoms with Crippen molar-refractivity contribution in [3.05, 3.63) is 132 Å². The monoisotopic (exact) mass is 489 g/mol. The minimum atomic E-state index is -3.81. The molecule has 0 aliphatic carbocycles. The molecule has 178 valence electrons. The van der Waals surface area contributed by atoms with E-state index >= 15 is 0 Å². The second kappa shape index (κ2) is 10.6. The maximum Gasteiger partial charge on any atom is 0.282 e. The van der Waals surface area contributed by atoms with Crippen molar-refractivity contribution in [2.45, 2.75) is 17.9 Å².